The third kappa shape index (κ3) is 2.57. The second-order valence-electron chi connectivity index (χ2n) is 6.49. The number of methoxy groups -OCH3 is 1. The number of rotatable bonds is 4. The summed E-state index contributed by atoms with van der Waals surface area (Å²) < 4.78 is 11.1. The van der Waals surface area contributed by atoms with E-state index in [9.17, 15) is 4.79 Å². The van der Waals surface area contributed by atoms with E-state index in [2.05, 4.69) is 9.88 Å². The first-order valence-corrected chi connectivity index (χ1v) is 7.55. The molecule has 2 fully saturated rings. The highest BCUT2D eigenvalue weighted by Crippen LogP contribution is 2.42. The van der Waals surface area contributed by atoms with Gasteiger partial charge in [0.1, 0.15) is 5.82 Å². The first-order chi connectivity index (χ1) is 10.6. The summed E-state index contributed by atoms with van der Waals surface area (Å²) >= 11 is 0. The van der Waals surface area contributed by atoms with Gasteiger partial charge in [-0.3, -0.25) is 4.79 Å². The summed E-state index contributed by atoms with van der Waals surface area (Å²) in [6, 6.07) is 3.78. The van der Waals surface area contributed by atoms with Crippen molar-refractivity contribution in [2.45, 2.75) is 0 Å². The lowest BCUT2D eigenvalue weighted by atomic mass is 9.82. The van der Waals surface area contributed by atoms with Gasteiger partial charge in [0.2, 0.25) is 0 Å². The lowest BCUT2D eigenvalue weighted by Gasteiger charge is -2.26. The molecule has 3 heterocycles. The number of pyridine rings is 1. The van der Waals surface area contributed by atoms with Crippen LogP contribution in [0.2, 0.25) is 0 Å². The van der Waals surface area contributed by atoms with Crippen LogP contribution >= 0.6 is 0 Å². The van der Waals surface area contributed by atoms with Gasteiger partial charge in [0.25, 0.3) is 5.91 Å². The fourth-order valence-electron chi connectivity index (χ4n) is 3.46. The number of carbonyl (C=O) groups excluding carboxylic acids is 1. The van der Waals surface area contributed by atoms with Gasteiger partial charge in [-0.2, -0.15) is 0 Å². The van der Waals surface area contributed by atoms with Crippen molar-refractivity contribution in [3.8, 4) is 0 Å². The molecule has 0 unspecified atom stereocenters. The first kappa shape index (κ1) is 15.2. The zero-order chi connectivity index (χ0) is 15.7. The van der Waals surface area contributed by atoms with E-state index in [1.165, 1.54) is 0 Å². The number of ether oxygens (including phenoxy) is 2. The summed E-state index contributed by atoms with van der Waals surface area (Å²) in [7, 11) is 5.23. The van der Waals surface area contributed by atoms with Gasteiger partial charge in [-0.1, -0.05) is 0 Å². The lowest BCUT2D eigenvalue weighted by molar-refractivity contribution is 0.0660. The molecular weight excluding hydrogens is 282 g/mol. The Balaban J connectivity index is 1.75. The molecule has 1 amide bonds. The predicted molar refractivity (Wildman–Crippen MR) is 83.1 cm³/mol. The maximum absolute atomic E-state index is 11.9. The molecule has 3 rings (SSSR count). The van der Waals surface area contributed by atoms with Gasteiger partial charge >= 0.3 is 0 Å². The van der Waals surface area contributed by atoms with Crippen LogP contribution in [0.15, 0.2) is 18.3 Å². The fraction of sp³-hybridized carbons (Fsp3) is 0.625. The van der Waals surface area contributed by atoms with Crippen molar-refractivity contribution in [2.75, 3.05) is 59.0 Å². The Hall–Kier alpha value is -1.66. The molecule has 0 bridgehead atoms. The van der Waals surface area contributed by atoms with Crippen LogP contribution in [0.1, 0.15) is 10.4 Å². The third-order valence-corrected chi connectivity index (χ3v) is 4.68. The molecule has 120 valence electrons. The largest absolute Gasteiger partial charge is 0.384 e. The smallest absolute Gasteiger partial charge is 0.254 e. The van der Waals surface area contributed by atoms with Gasteiger partial charge in [0.05, 0.1) is 25.4 Å². The van der Waals surface area contributed by atoms with E-state index in [1.807, 2.05) is 12.1 Å². The summed E-state index contributed by atoms with van der Waals surface area (Å²) in [4.78, 5) is 20.2. The second-order valence-corrected chi connectivity index (χ2v) is 6.49. The van der Waals surface area contributed by atoms with Crippen molar-refractivity contribution in [1.29, 1.82) is 0 Å². The topological polar surface area (TPSA) is 54.9 Å². The average molecular weight is 305 g/mol. The molecule has 6 heteroatoms. The maximum Gasteiger partial charge on any atom is 0.254 e. The molecule has 22 heavy (non-hydrogen) atoms. The van der Waals surface area contributed by atoms with Crippen molar-refractivity contribution in [2.24, 2.45) is 11.3 Å². The van der Waals surface area contributed by atoms with Crippen LogP contribution < -0.4 is 4.90 Å². The molecule has 2 atom stereocenters. The van der Waals surface area contributed by atoms with Crippen LogP contribution in [0, 0.1) is 11.3 Å². The highest BCUT2D eigenvalue weighted by atomic mass is 16.5. The SMILES string of the molecule is COC[C@@]12COC[C@@H]1CN(c1ccc(C(=O)N(C)C)cn1)C2. The molecule has 0 saturated carbocycles. The lowest BCUT2D eigenvalue weighted by Crippen LogP contribution is -2.35. The van der Waals surface area contributed by atoms with Gasteiger partial charge in [0.15, 0.2) is 0 Å². The maximum atomic E-state index is 11.9. The highest BCUT2D eigenvalue weighted by molar-refractivity contribution is 5.93. The molecule has 2 aliphatic rings. The van der Waals surface area contributed by atoms with E-state index in [4.69, 9.17) is 9.47 Å². The average Bonchev–Trinajstić information content (AvgIpc) is 3.03. The zero-order valence-corrected chi connectivity index (χ0v) is 13.4. The number of hydrogen-bond donors (Lipinski definition) is 0. The van der Waals surface area contributed by atoms with Gasteiger partial charge in [-0.05, 0) is 12.1 Å². The molecule has 0 N–H and O–H groups in total. The van der Waals surface area contributed by atoms with Crippen molar-refractivity contribution in [3.63, 3.8) is 0 Å². The van der Waals surface area contributed by atoms with Crippen molar-refractivity contribution >= 4 is 11.7 Å². The third-order valence-electron chi connectivity index (χ3n) is 4.68. The summed E-state index contributed by atoms with van der Waals surface area (Å²) in [6.07, 6.45) is 1.66. The Morgan fingerprint density at radius 1 is 1.55 bits per heavy atom. The molecular formula is C16H23N3O3. The van der Waals surface area contributed by atoms with Crippen LogP contribution in [0.25, 0.3) is 0 Å². The quantitative estimate of drug-likeness (QED) is 0.826. The van der Waals surface area contributed by atoms with E-state index >= 15 is 0 Å². The standard InChI is InChI=1S/C16H23N3O3/c1-18(2)15(20)12-4-5-14(17-6-12)19-7-13-8-22-11-16(13,9-19)10-21-3/h4-6,13H,7-11H2,1-3H3/t13-,16-/m0/s1. The summed E-state index contributed by atoms with van der Waals surface area (Å²) in [6.45, 7) is 4.07. The minimum atomic E-state index is -0.0263. The molecule has 0 spiro atoms. The zero-order valence-electron chi connectivity index (χ0n) is 13.4. The summed E-state index contributed by atoms with van der Waals surface area (Å²) in [5.74, 6) is 1.37. The minimum Gasteiger partial charge on any atom is -0.384 e. The van der Waals surface area contributed by atoms with Gasteiger partial charge in [-0.25, -0.2) is 4.98 Å². The van der Waals surface area contributed by atoms with Crippen LogP contribution in [-0.2, 0) is 9.47 Å². The summed E-state index contributed by atoms with van der Waals surface area (Å²) in [5.41, 5.74) is 0.692. The monoisotopic (exact) mass is 305 g/mol. The second kappa shape index (κ2) is 5.85. The molecule has 2 saturated heterocycles. The molecule has 1 aromatic heterocycles. The number of aromatic nitrogens is 1. The first-order valence-electron chi connectivity index (χ1n) is 7.55. The number of fused-ring (bicyclic) bond motifs is 1. The molecule has 0 radical (unpaired) electrons. The normalized spacial score (nSPS) is 27.0. The van der Waals surface area contributed by atoms with E-state index in [-0.39, 0.29) is 11.3 Å². The Labute approximate surface area is 131 Å². The van der Waals surface area contributed by atoms with Crippen molar-refractivity contribution < 1.29 is 14.3 Å². The van der Waals surface area contributed by atoms with Crippen LogP contribution in [0.4, 0.5) is 5.82 Å². The summed E-state index contributed by atoms with van der Waals surface area (Å²) in [5, 5.41) is 0. The Morgan fingerprint density at radius 3 is 3.00 bits per heavy atom. The highest BCUT2D eigenvalue weighted by Gasteiger charge is 2.51. The Kier molecular flexibility index (Phi) is 4.06. The van der Waals surface area contributed by atoms with Crippen LogP contribution in [0.5, 0.6) is 0 Å². The van der Waals surface area contributed by atoms with Crippen molar-refractivity contribution in [3.05, 3.63) is 23.9 Å². The minimum absolute atomic E-state index is 0.0263. The van der Waals surface area contributed by atoms with Gasteiger partial charge in [-0.15, -0.1) is 0 Å². The molecule has 1 aromatic rings. The van der Waals surface area contributed by atoms with Crippen LogP contribution in [0.3, 0.4) is 0 Å². The van der Waals surface area contributed by atoms with Crippen molar-refractivity contribution in [1.82, 2.24) is 9.88 Å². The van der Waals surface area contributed by atoms with Crippen LogP contribution in [-0.4, -0.2) is 69.9 Å². The number of anilines is 1. The number of nitrogens with zero attached hydrogens (tertiary/aromatic N) is 3. The van der Waals surface area contributed by atoms with E-state index in [0.29, 0.717) is 18.1 Å². The Bertz CT molecular complexity index is 546. The number of amides is 1. The number of carbonyl (C=O) groups is 1. The van der Waals surface area contributed by atoms with E-state index in [1.54, 1.807) is 32.3 Å². The Morgan fingerprint density at radius 2 is 2.36 bits per heavy atom. The molecule has 0 aliphatic carbocycles. The molecule has 0 aromatic carbocycles. The van der Waals surface area contributed by atoms with Gasteiger partial charge in [0, 0.05) is 51.8 Å². The molecule has 6 nitrogen and oxygen atoms in total. The number of hydrogen-bond acceptors (Lipinski definition) is 5. The molecule has 2 aliphatic heterocycles. The van der Waals surface area contributed by atoms with E-state index in [0.717, 1.165) is 32.1 Å². The fourth-order valence-corrected chi connectivity index (χ4v) is 3.46. The predicted octanol–water partition coefficient (Wildman–Crippen LogP) is 0.883. The van der Waals surface area contributed by atoms with Gasteiger partial charge < -0.3 is 19.3 Å². The van der Waals surface area contributed by atoms with E-state index < -0.39 is 0 Å².